The van der Waals surface area contributed by atoms with E-state index in [4.69, 9.17) is 4.98 Å². The number of aromatic nitrogens is 3. The van der Waals surface area contributed by atoms with E-state index in [0.717, 1.165) is 35.5 Å². The van der Waals surface area contributed by atoms with Crippen LogP contribution in [0.1, 0.15) is 25.0 Å². The molecule has 0 saturated carbocycles. The SMILES string of the molecule is Cc1cc(N2CCC[C@H]3CN(C)CC[C@@H]32)nc(-c2ccccn2)n1. The second kappa shape index (κ2) is 6.48. The van der Waals surface area contributed by atoms with Crippen LogP contribution in [0.25, 0.3) is 11.5 Å². The highest BCUT2D eigenvalue weighted by molar-refractivity contribution is 5.54. The van der Waals surface area contributed by atoms with Crippen molar-refractivity contribution in [1.82, 2.24) is 19.9 Å². The number of hydrogen-bond donors (Lipinski definition) is 0. The zero-order valence-electron chi connectivity index (χ0n) is 14.5. The normalized spacial score (nSPS) is 24.7. The van der Waals surface area contributed by atoms with Crippen molar-refractivity contribution in [3.63, 3.8) is 0 Å². The quantitative estimate of drug-likeness (QED) is 0.850. The van der Waals surface area contributed by atoms with Crippen molar-refractivity contribution in [3.8, 4) is 11.5 Å². The molecular formula is C19H25N5. The first-order chi connectivity index (χ1) is 11.7. The monoisotopic (exact) mass is 323 g/mol. The molecule has 0 aliphatic carbocycles. The van der Waals surface area contributed by atoms with E-state index in [-0.39, 0.29) is 0 Å². The van der Waals surface area contributed by atoms with Crippen LogP contribution >= 0.6 is 0 Å². The van der Waals surface area contributed by atoms with Gasteiger partial charge in [0, 0.05) is 37.1 Å². The Kier molecular flexibility index (Phi) is 4.19. The number of pyridine rings is 1. The molecule has 5 heteroatoms. The summed E-state index contributed by atoms with van der Waals surface area (Å²) in [7, 11) is 2.24. The molecule has 2 aromatic heterocycles. The number of nitrogens with zero attached hydrogens (tertiary/aromatic N) is 5. The van der Waals surface area contributed by atoms with Crippen LogP contribution in [0.5, 0.6) is 0 Å². The molecule has 2 fully saturated rings. The molecule has 0 bridgehead atoms. The molecule has 2 saturated heterocycles. The number of likely N-dealkylation sites (tertiary alicyclic amines) is 1. The lowest BCUT2D eigenvalue weighted by Crippen LogP contribution is -2.53. The lowest BCUT2D eigenvalue weighted by Gasteiger charge is -2.47. The Hall–Kier alpha value is -2.01. The van der Waals surface area contributed by atoms with Crippen LogP contribution in [0.4, 0.5) is 5.82 Å². The summed E-state index contributed by atoms with van der Waals surface area (Å²) in [6, 6.07) is 8.64. The summed E-state index contributed by atoms with van der Waals surface area (Å²) < 4.78 is 0. The average Bonchev–Trinajstić information content (AvgIpc) is 2.61. The number of fused-ring (bicyclic) bond motifs is 1. The molecule has 24 heavy (non-hydrogen) atoms. The second-order valence-corrected chi connectivity index (χ2v) is 7.12. The zero-order valence-corrected chi connectivity index (χ0v) is 14.5. The molecule has 2 aromatic rings. The molecule has 0 radical (unpaired) electrons. The molecule has 2 atom stereocenters. The van der Waals surface area contributed by atoms with Gasteiger partial charge in [-0.05, 0) is 57.8 Å². The van der Waals surface area contributed by atoms with Gasteiger partial charge in [-0.15, -0.1) is 0 Å². The van der Waals surface area contributed by atoms with E-state index >= 15 is 0 Å². The molecule has 0 aromatic carbocycles. The minimum Gasteiger partial charge on any atom is -0.353 e. The van der Waals surface area contributed by atoms with E-state index in [1.54, 1.807) is 6.20 Å². The first-order valence-corrected chi connectivity index (χ1v) is 8.93. The van der Waals surface area contributed by atoms with Crippen molar-refractivity contribution in [3.05, 3.63) is 36.2 Å². The van der Waals surface area contributed by atoms with Crippen LogP contribution in [0.2, 0.25) is 0 Å². The molecular weight excluding hydrogens is 298 g/mol. The zero-order chi connectivity index (χ0) is 16.5. The number of aryl methyl sites for hydroxylation is 1. The highest BCUT2D eigenvalue weighted by Crippen LogP contribution is 2.33. The van der Waals surface area contributed by atoms with Gasteiger partial charge in [-0.25, -0.2) is 9.97 Å². The van der Waals surface area contributed by atoms with Gasteiger partial charge in [-0.2, -0.15) is 0 Å². The van der Waals surface area contributed by atoms with E-state index in [1.165, 1.54) is 32.4 Å². The van der Waals surface area contributed by atoms with Crippen molar-refractivity contribution in [1.29, 1.82) is 0 Å². The molecule has 0 spiro atoms. The maximum absolute atomic E-state index is 4.88. The van der Waals surface area contributed by atoms with Crippen molar-refractivity contribution >= 4 is 5.82 Å². The predicted octanol–water partition coefficient (Wildman–Crippen LogP) is 2.77. The van der Waals surface area contributed by atoms with Crippen LogP contribution in [-0.2, 0) is 0 Å². The van der Waals surface area contributed by atoms with Crippen LogP contribution in [-0.4, -0.2) is 52.6 Å². The summed E-state index contributed by atoms with van der Waals surface area (Å²) in [4.78, 5) is 18.9. The highest BCUT2D eigenvalue weighted by atomic mass is 15.3. The lowest BCUT2D eigenvalue weighted by atomic mass is 9.84. The summed E-state index contributed by atoms with van der Waals surface area (Å²) in [5.41, 5.74) is 1.86. The third-order valence-electron chi connectivity index (χ3n) is 5.30. The summed E-state index contributed by atoms with van der Waals surface area (Å²) in [6.45, 7) is 5.53. The highest BCUT2D eigenvalue weighted by Gasteiger charge is 2.35. The van der Waals surface area contributed by atoms with Crippen LogP contribution in [0.15, 0.2) is 30.5 Å². The second-order valence-electron chi connectivity index (χ2n) is 7.12. The fourth-order valence-corrected chi connectivity index (χ4v) is 4.18. The third kappa shape index (κ3) is 3.00. The molecule has 4 heterocycles. The molecule has 0 amide bonds. The molecule has 0 N–H and O–H groups in total. The fraction of sp³-hybridized carbons (Fsp3) is 0.526. The van der Waals surface area contributed by atoms with Crippen molar-refractivity contribution in [2.45, 2.75) is 32.2 Å². The first kappa shape index (κ1) is 15.5. The summed E-state index contributed by atoms with van der Waals surface area (Å²) >= 11 is 0. The summed E-state index contributed by atoms with van der Waals surface area (Å²) in [5.74, 6) is 2.56. The Morgan fingerprint density at radius 1 is 1.12 bits per heavy atom. The van der Waals surface area contributed by atoms with Gasteiger partial charge in [0.2, 0.25) is 0 Å². The van der Waals surface area contributed by atoms with E-state index < -0.39 is 0 Å². The summed E-state index contributed by atoms with van der Waals surface area (Å²) in [5, 5.41) is 0. The van der Waals surface area contributed by atoms with Crippen LogP contribution < -0.4 is 4.90 Å². The smallest absolute Gasteiger partial charge is 0.180 e. The molecule has 126 valence electrons. The maximum atomic E-state index is 4.88. The van der Waals surface area contributed by atoms with E-state index in [9.17, 15) is 0 Å². The van der Waals surface area contributed by atoms with Gasteiger partial charge in [-0.3, -0.25) is 4.98 Å². The van der Waals surface area contributed by atoms with Gasteiger partial charge in [0.15, 0.2) is 5.82 Å². The summed E-state index contributed by atoms with van der Waals surface area (Å²) in [6.07, 6.45) is 5.61. The van der Waals surface area contributed by atoms with E-state index in [1.807, 2.05) is 25.1 Å². The van der Waals surface area contributed by atoms with Gasteiger partial charge in [-0.1, -0.05) is 6.07 Å². The van der Waals surface area contributed by atoms with Crippen molar-refractivity contribution in [2.75, 3.05) is 31.6 Å². The standard InChI is InChI=1S/C19H25N5/c1-14-12-18(22-19(21-14)16-7-3-4-9-20-16)24-10-5-6-15-13-23(2)11-8-17(15)24/h3-4,7,9,12,15,17H,5-6,8,10-11,13H2,1-2H3/t15-,17-/m0/s1. The van der Waals surface area contributed by atoms with Crippen molar-refractivity contribution < 1.29 is 0 Å². The molecule has 2 aliphatic rings. The number of hydrogen-bond acceptors (Lipinski definition) is 5. The fourth-order valence-electron chi connectivity index (χ4n) is 4.18. The van der Waals surface area contributed by atoms with Gasteiger partial charge >= 0.3 is 0 Å². The maximum Gasteiger partial charge on any atom is 0.180 e. The van der Waals surface area contributed by atoms with Gasteiger partial charge in [0.25, 0.3) is 0 Å². The predicted molar refractivity (Wildman–Crippen MR) is 96.0 cm³/mol. The number of anilines is 1. The topological polar surface area (TPSA) is 45.2 Å². The average molecular weight is 323 g/mol. The minimum atomic E-state index is 0.612. The van der Waals surface area contributed by atoms with E-state index in [0.29, 0.717) is 6.04 Å². The van der Waals surface area contributed by atoms with Gasteiger partial charge in [0.1, 0.15) is 11.5 Å². The number of rotatable bonds is 2. The Morgan fingerprint density at radius 2 is 2.04 bits per heavy atom. The molecule has 5 nitrogen and oxygen atoms in total. The first-order valence-electron chi connectivity index (χ1n) is 8.93. The van der Waals surface area contributed by atoms with Gasteiger partial charge < -0.3 is 9.80 Å². The van der Waals surface area contributed by atoms with Crippen LogP contribution in [0, 0.1) is 12.8 Å². The van der Waals surface area contributed by atoms with Crippen molar-refractivity contribution in [2.24, 2.45) is 5.92 Å². The van der Waals surface area contributed by atoms with Crippen LogP contribution in [0.3, 0.4) is 0 Å². The molecule has 4 rings (SSSR count). The minimum absolute atomic E-state index is 0.612. The van der Waals surface area contributed by atoms with E-state index in [2.05, 4.69) is 32.9 Å². The Balaban J connectivity index is 1.67. The largest absolute Gasteiger partial charge is 0.353 e. The van der Waals surface area contributed by atoms with Gasteiger partial charge in [0.05, 0.1) is 0 Å². The molecule has 0 unspecified atom stereocenters. The third-order valence-corrected chi connectivity index (χ3v) is 5.30. The lowest BCUT2D eigenvalue weighted by molar-refractivity contribution is 0.154. The Labute approximate surface area is 143 Å². The number of piperidine rings is 2. The Morgan fingerprint density at radius 3 is 2.88 bits per heavy atom. The molecule has 2 aliphatic heterocycles. The Bertz CT molecular complexity index is 702.